The van der Waals surface area contributed by atoms with Crippen LogP contribution in [0.15, 0.2) is 6.07 Å². The monoisotopic (exact) mass is 275 g/mol. The number of aromatic nitrogens is 1. The Labute approximate surface area is 121 Å². The second kappa shape index (κ2) is 6.87. The predicted octanol–water partition coefficient (Wildman–Crippen LogP) is 3.73. The van der Waals surface area contributed by atoms with Crippen molar-refractivity contribution in [2.24, 2.45) is 5.92 Å². The third-order valence-electron chi connectivity index (χ3n) is 4.13. The Morgan fingerprint density at radius 2 is 2.20 bits per heavy atom. The summed E-state index contributed by atoms with van der Waals surface area (Å²) in [7, 11) is 0. The SMILES string of the molecule is CCCc1nc2c(cc1C(=O)OCC)CC(CC)CC2. The fraction of sp³-hybridized carbons (Fsp3) is 0.647. The van der Waals surface area contributed by atoms with Gasteiger partial charge in [0.25, 0.3) is 0 Å². The molecular weight excluding hydrogens is 250 g/mol. The molecule has 1 heterocycles. The van der Waals surface area contributed by atoms with Gasteiger partial charge in [0, 0.05) is 5.69 Å². The average molecular weight is 275 g/mol. The van der Waals surface area contributed by atoms with Crippen molar-refractivity contribution in [2.75, 3.05) is 6.61 Å². The number of aryl methyl sites for hydroxylation is 2. The molecule has 0 saturated heterocycles. The largest absolute Gasteiger partial charge is 0.462 e. The first-order chi connectivity index (χ1) is 9.69. The van der Waals surface area contributed by atoms with E-state index in [1.165, 1.54) is 24.1 Å². The van der Waals surface area contributed by atoms with Crippen molar-refractivity contribution in [3.05, 3.63) is 28.6 Å². The number of pyridine rings is 1. The van der Waals surface area contributed by atoms with E-state index in [1.807, 2.05) is 13.0 Å². The first-order valence-electron chi connectivity index (χ1n) is 7.88. The quantitative estimate of drug-likeness (QED) is 0.769. The molecule has 0 fully saturated rings. The third-order valence-corrected chi connectivity index (χ3v) is 4.13. The summed E-state index contributed by atoms with van der Waals surface area (Å²) < 4.78 is 5.18. The van der Waals surface area contributed by atoms with E-state index in [2.05, 4.69) is 13.8 Å². The molecule has 1 aliphatic carbocycles. The van der Waals surface area contributed by atoms with E-state index >= 15 is 0 Å². The number of esters is 1. The highest BCUT2D eigenvalue weighted by molar-refractivity contribution is 5.91. The van der Waals surface area contributed by atoms with Gasteiger partial charge < -0.3 is 4.74 Å². The van der Waals surface area contributed by atoms with E-state index in [1.54, 1.807) is 0 Å². The molecule has 0 amide bonds. The smallest absolute Gasteiger partial charge is 0.339 e. The zero-order chi connectivity index (χ0) is 14.5. The molecule has 0 saturated carbocycles. The van der Waals surface area contributed by atoms with E-state index < -0.39 is 0 Å². The Kier molecular flexibility index (Phi) is 5.16. The van der Waals surface area contributed by atoms with Crippen molar-refractivity contribution < 1.29 is 9.53 Å². The van der Waals surface area contributed by atoms with Crippen molar-refractivity contribution in [3.8, 4) is 0 Å². The summed E-state index contributed by atoms with van der Waals surface area (Å²) >= 11 is 0. The van der Waals surface area contributed by atoms with Crippen LogP contribution in [-0.2, 0) is 24.0 Å². The minimum Gasteiger partial charge on any atom is -0.462 e. The van der Waals surface area contributed by atoms with Gasteiger partial charge in [0.1, 0.15) is 0 Å². The Morgan fingerprint density at radius 3 is 2.85 bits per heavy atom. The van der Waals surface area contributed by atoms with Gasteiger partial charge in [-0.25, -0.2) is 4.79 Å². The molecule has 0 spiro atoms. The molecule has 0 radical (unpaired) electrons. The summed E-state index contributed by atoms with van der Waals surface area (Å²) in [5.41, 5.74) is 4.06. The van der Waals surface area contributed by atoms with Gasteiger partial charge in [0.15, 0.2) is 0 Å². The number of nitrogens with zero attached hydrogens (tertiary/aromatic N) is 1. The van der Waals surface area contributed by atoms with Crippen LogP contribution in [0.1, 0.15) is 67.3 Å². The molecule has 1 unspecified atom stereocenters. The molecule has 0 N–H and O–H groups in total. The summed E-state index contributed by atoms with van der Waals surface area (Å²) in [6.45, 7) is 6.61. The maximum atomic E-state index is 12.1. The van der Waals surface area contributed by atoms with Crippen LogP contribution in [0.25, 0.3) is 0 Å². The second-order valence-electron chi connectivity index (χ2n) is 5.58. The van der Waals surface area contributed by atoms with E-state index in [4.69, 9.17) is 9.72 Å². The van der Waals surface area contributed by atoms with Crippen LogP contribution in [0, 0.1) is 5.92 Å². The molecule has 110 valence electrons. The third kappa shape index (κ3) is 3.20. The van der Waals surface area contributed by atoms with Gasteiger partial charge in [-0.3, -0.25) is 4.98 Å². The summed E-state index contributed by atoms with van der Waals surface area (Å²) in [5.74, 6) is 0.515. The molecular formula is C17H25NO2. The number of hydrogen-bond donors (Lipinski definition) is 0. The minimum atomic E-state index is -0.218. The Morgan fingerprint density at radius 1 is 1.40 bits per heavy atom. The second-order valence-corrected chi connectivity index (χ2v) is 5.58. The van der Waals surface area contributed by atoms with Crippen molar-refractivity contribution in [3.63, 3.8) is 0 Å². The Hall–Kier alpha value is -1.38. The number of carbonyl (C=O) groups excluding carboxylic acids is 1. The number of carbonyl (C=O) groups is 1. The average Bonchev–Trinajstić information content (AvgIpc) is 2.46. The molecule has 1 aromatic heterocycles. The van der Waals surface area contributed by atoms with Crippen molar-refractivity contribution in [1.29, 1.82) is 0 Å². The maximum Gasteiger partial charge on any atom is 0.339 e. The number of rotatable bonds is 5. The van der Waals surface area contributed by atoms with Crippen LogP contribution in [-0.4, -0.2) is 17.6 Å². The van der Waals surface area contributed by atoms with E-state index in [0.717, 1.165) is 37.3 Å². The fourth-order valence-corrected chi connectivity index (χ4v) is 2.94. The molecule has 20 heavy (non-hydrogen) atoms. The summed E-state index contributed by atoms with van der Waals surface area (Å²) in [6, 6.07) is 2.05. The number of fused-ring (bicyclic) bond motifs is 1. The number of ether oxygens (including phenoxy) is 1. The first kappa shape index (κ1) is 15.0. The summed E-state index contributed by atoms with van der Waals surface area (Å²) in [5, 5.41) is 0. The molecule has 0 bridgehead atoms. The lowest BCUT2D eigenvalue weighted by Crippen LogP contribution is -2.19. The molecule has 1 aromatic rings. The number of hydrogen-bond acceptors (Lipinski definition) is 3. The van der Waals surface area contributed by atoms with Crippen molar-refractivity contribution in [1.82, 2.24) is 4.98 Å². The normalized spacial score (nSPS) is 17.6. The van der Waals surface area contributed by atoms with Gasteiger partial charge >= 0.3 is 5.97 Å². The molecule has 1 aliphatic rings. The van der Waals surface area contributed by atoms with Gasteiger partial charge in [0.2, 0.25) is 0 Å². The molecule has 2 rings (SSSR count). The van der Waals surface area contributed by atoms with Gasteiger partial charge in [-0.05, 0) is 50.2 Å². The van der Waals surface area contributed by atoms with Crippen LogP contribution >= 0.6 is 0 Å². The van der Waals surface area contributed by atoms with Crippen LogP contribution in [0.3, 0.4) is 0 Å². The minimum absolute atomic E-state index is 0.218. The highest BCUT2D eigenvalue weighted by Gasteiger charge is 2.23. The van der Waals surface area contributed by atoms with Crippen molar-refractivity contribution in [2.45, 2.75) is 59.3 Å². The summed E-state index contributed by atoms with van der Waals surface area (Å²) in [6.07, 6.45) is 6.37. The Bertz CT molecular complexity index is 482. The van der Waals surface area contributed by atoms with E-state index in [0.29, 0.717) is 12.2 Å². The highest BCUT2D eigenvalue weighted by Crippen LogP contribution is 2.28. The standard InChI is InChI=1S/C17H25NO2/c1-4-7-16-14(17(19)20-6-3)11-13-10-12(5-2)8-9-15(13)18-16/h11-12H,4-10H2,1-3H3. The van der Waals surface area contributed by atoms with Crippen LogP contribution in [0.2, 0.25) is 0 Å². The lowest BCUT2D eigenvalue weighted by atomic mass is 9.84. The van der Waals surface area contributed by atoms with Gasteiger partial charge in [-0.15, -0.1) is 0 Å². The maximum absolute atomic E-state index is 12.1. The van der Waals surface area contributed by atoms with Crippen LogP contribution in [0.4, 0.5) is 0 Å². The fourth-order valence-electron chi connectivity index (χ4n) is 2.94. The lowest BCUT2D eigenvalue weighted by Gasteiger charge is -2.24. The van der Waals surface area contributed by atoms with Gasteiger partial charge in [-0.1, -0.05) is 26.7 Å². The van der Waals surface area contributed by atoms with Crippen LogP contribution < -0.4 is 0 Å². The zero-order valence-electron chi connectivity index (χ0n) is 12.9. The highest BCUT2D eigenvalue weighted by atomic mass is 16.5. The first-order valence-corrected chi connectivity index (χ1v) is 7.88. The van der Waals surface area contributed by atoms with Crippen molar-refractivity contribution >= 4 is 5.97 Å². The Balaban J connectivity index is 2.36. The molecule has 3 nitrogen and oxygen atoms in total. The zero-order valence-corrected chi connectivity index (χ0v) is 12.9. The topological polar surface area (TPSA) is 39.2 Å². The summed E-state index contributed by atoms with van der Waals surface area (Å²) in [4.78, 5) is 16.9. The van der Waals surface area contributed by atoms with Gasteiger partial charge in [0.05, 0.1) is 17.9 Å². The van der Waals surface area contributed by atoms with Gasteiger partial charge in [-0.2, -0.15) is 0 Å². The van der Waals surface area contributed by atoms with E-state index in [9.17, 15) is 4.79 Å². The molecule has 0 aliphatic heterocycles. The molecule has 3 heteroatoms. The van der Waals surface area contributed by atoms with Crippen LogP contribution in [0.5, 0.6) is 0 Å². The van der Waals surface area contributed by atoms with E-state index in [-0.39, 0.29) is 5.97 Å². The predicted molar refractivity (Wildman–Crippen MR) is 80.0 cm³/mol. The molecule has 0 aromatic carbocycles. The lowest BCUT2D eigenvalue weighted by molar-refractivity contribution is 0.0524. The molecule has 1 atom stereocenters.